The van der Waals surface area contributed by atoms with Gasteiger partial charge in [0.15, 0.2) is 0 Å². The number of rotatable bonds is 4. The second-order valence-corrected chi connectivity index (χ2v) is 4.05. The number of ether oxygens (including phenoxy) is 2. The third-order valence-electron chi connectivity index (χ3n) is 2.77. The van der Waals surface area contributed by atoms with Gasteiger partial charge in [-0.05, 0) is 18.1 Å². The molecule has 0 bridgehead atoms. The zero-order valence-corrected chi connectivity index (χ0v) is 11.2. The minimum absolute atomic E-state index is 0.230. The van der Waals surface area contributed by atoms with Crippen LogP contribution in [0, 0.1) is 6.92 Å². The van der Waals surface area contributed by atoms with Gasteiger partial charge in [0.1, 0.15) is 5.82 Å². The Bertz CT molecular complexity index is 565. The van der Waals surface area contributed by atoms with Crippen molar-refractivity contribution < 1.29 is 9.47 Å². The summed E-state index contributed by atoms with van der Waals surface area (Å²) in [5.74, 6) is 0.556. The molecule has 0 saturated carbocycles. The molecule has 100 valence electrons. The van der Waals surface area contributed by atoms with Crippen LogP contribution in [0.1, 0.15) is 17.0 Å². The van der Waals surface area contributed by atoms with E-state index in [2.05, 4.69) is 15.0 Å². The quantitative estimate of drug-likeness (QED) is 0.836. The molecule has 2 N–H and O–H groups in total. The van der Waals surface area contributed by atoms with Gasteiger partial charge >= 0.3 is 12.0 Å². The Morgan fingerprint density at radius 3 is 2.26 bits per heavy atom. The fourth-order valence-corrected chi connectivity index (χ4v) is 1.71. The Labute approximate surface area is 111 Å². The minimum Gasteiger partial charge on any atom is -0.467 e. The Morgan fingerprint density at radius 2 is 1.68 bits per heavy atom. The summed E-state index contributed by atoms with van der Waals surface area (Å²) in [7, 11) is 3.00. The molecule has 0 saturated heterocycles. The maximum absolute atomic E-state index is 6.04. The molecule has 0 aliphatic rings. The standard InChI is InChI=1S/C13H16N4O2/c1-8-5-4-6-9(11(8)14)7-10-15-12(18-2)17-13(16-10)19-3/h4-6H,7,14H2,1-3H3. The second-order valence-electron chi connectivity index (χ2n) is 4.05. The van der Waals surface area contributed by atoms with Crippen molar-refractivity contribution in [1.82, 2.24) is 15.0 Å². The molecule has 0 fully saturated rings. The molecule has 0 spiro atoms. The van der Waals surface area contributed by atoms with Crippen LogP contribution in [0.25, 0.3) is 0 Å². The van der Waals surface area contributed by atoms with E-state index in [1.54, 1.807) is 0 Å². The summed E-state index contributed by atoms with van der Waals surface area (Å²) >= 11 is 0. The van der Waals surface area contributed by atoms with Crippen LogP contribution in [0.15, 0.2) is 18.2 Å². The van der Waals surface area contributed by atoms with Crippen LogP contribution >= 0.6 is 0 Å². The minimum atomic E-state index is 0.230. The van der Waals surface area contributed by atoms with Crippen molar-refractivity contribution in [3.8, 4) is 12.0 Å². The van der Waals surface area contributed by atoms with E-state index >= 15 is 0 Å². The number of nitrogen functional groups attached to an aromatic ring is 1. The van der Waals surface area contributed by atoms with Crippen molar-refractivity contribution in [2.75, 3.05) is 20.0 Å². The Balaban J connectivity index is 2.34. The fraction of sp³-hybridized carbons (Fsp3) is 0.308. The molecule has 0 atom stereocenters. The number of anilines is 1. The summed E-state index contributed by atoms with van der Waals surface area (Å²) in [5, 5.41) is 0. The first-order valence-corrected chi connectivity index (χ1v) is 5.81. The predicted octanol–water partition coefficient (Wildman–Crippen LogP) is 1.37. The molecule has 0 radical (unpaired) electrons. The highest BCUT2D eigenvalue weighted by Gasteiger charge is 2.10. The van der Waals surface area contributed by atoms with E-state index in [0.717, 1.165) is 16.8 Å². The predicted molar refractivity (Wildman–Crippen MR) is 71.3 cm³/mol. The topological polar surface area (TPSA) is 83.2 Å². The number of benzene rings is 1. The molecular weight excluding hydrogens is 244 g/mol. The summed E-state index contributed by atoms with van der Waals surface area (Å²) in [6, 6.07) is 6.33. The molecular formula is C13H16N4O2. The van der Waals surface area contributed by atoms with Crippen molar-refractivity contribution in [3.63, 3.8) is 0 Å². The van der Waals surface area contributed by atoms with Crippen molar-refractivity contribution in [3.05, 3.63) is 35.2 Å². The Morgan fingerprint density at radius 1 is 1.05 bits per heavy atom. The van der Waals surface area contributed by atoms with Crippen molar-refractivity contribution in [1.29, 1.82) is 0 Å². The zero-order valence-electron chi connectivity index (χ0n) is 11.2. The number of para-hydroxylation sites is 1. The van der Waals surface area contributed by atoms with Crippen LogP contribution in [0.2, 0.25) is 0 Å². The van der Waals surface area contributed by atoms with E-state index in [1.165, 1.54) is 14.2 Å². The van der Waals surface area contributed by atoms with Gasteiger partial charge in [0.05, 0.1) is 14.2 Å². The maximum Gasteiger partial charge on any atom is 0.322 e. The summed E-state index contributed by atoms with van der Waals surface area (Å²) in [5.41, 5.74) is 8.79. The third-order valence-corrected chi connectivity index (χ3v) is 2.77. The van der Waals surface area contributed by atoms with Gasteiger partial charge in [0.2, 0.25) is 0 Å². The third kappa shape index (κ3) is 2.90. The van der Waals surface area contributed by atoms with E-state index < -0.39 is 0 Å². The summed E-state index contributed by atoms with van der Waals surface area (Å²) in [4.78, 5) is 12.3. The van der Waals surface area contributed by atoms with Crippen molar-refractivity contribution >= 4 is 5.69 Å². The van der Waals surface area contributed by atoms with Crippen molar-refractivity contribution in [2.24, 2.45) is 0 Å². The maximum atomic E-state index is 6.04. The van der Waals surface area contributed by atoms with E-state index in [0.29, 0.717) is 12.2 Å². The number of nitrogens with zero attached hydrogens (tertiary/aromatic N) is 3. The normalized spacial score (nSPS) is 10.3. The van der Waals surface area contributed by atoms with Gasteiger partial charge in [-0.2, -0.15) is 9.97 Å². The van der Waals surface area contributed by atoms with Crippen molar-refractivity contribution in [2.45, 2.75) is 13.3 Å². The first-order chi connectivity index (χ1) is 9.13. The van der Waals surface area contributed by atoms with Gasteiger partial charge in [0, 0.05) is 12.1 Å². The van der Waals surface area contributed by atoms with Gasteiger partial charge in [-0.1, -0.05) is 18.2 Å². The molecule has 2 rings (SSSR count). The Kier molecular flexibility index (Phi) is 3.79. The second kappa shape index (κ2) is 5.51. The lowest BCUT2D eigenvalue weighted by Gasteiger charge is -2.08. The SMILES string of the molecule is COc1nc(Cc2cccc(C)c2N)nc(OC)n1. The van der Waals surface area contributed by atoms with Gasteiger partial charge < -0.3 is 15.2 Å². The molecule has 0 unspecified atom stereocenters. The molecule has 19 heavy (non-hydrogen) atoms. The number of aryl methyl sites for hydroxylation is 1. The van der Waals surface area contributed by atoms with Gasteiger partial charge in [-0.3, -0.25) is 0 Å². The summed E-state index contributed by atoms with van der Waals surface area (Å²) < 4.78 is 10.0. The number of aromatic nitrogens is 3. The number of hydrogen-bond donors (Lipinski definition) is 1. The van der Waals surface area contributed by atoms with Crippen LogP contribution in [0.4, 0.5) is 5.69 Å². The van der Waals surface area contributed by atoms with E-state index in [1.807, 2.05) is 25.1 Å². The van der Waals surface area contributed by atoms with E-state index in [-0.39, 0.29) is 12.0 Å². The lowest BCUT2D eigenvalue weighted by Crippen LogP contribution is -2.06. The van der Waals surface area contributed by atoms with Gasteiger partial charge in [-0.25, -0.2) is 0 Å². The summed E-state index contributed by atoms with van der Waals surface area (Å²) in [6.07, 6.45) is 0.503. The first-order valence-electron chi connectivity index (χ1n) is 5.81. The number of nitrogens with two attached hydrogens (primary N) is 1. The molecule has 6 heteroatoms. The zero-order chi connectivity index (χ0) is 13.8. The van der Waals surface area contributed by atoms with Crippen LogP contribution in [-0.4, -0.2) is 29.2 Å². The number of hydrogen-bond acceptors (Lipinski definition) is 6. The smallest absolute Gasteiger partial charge is 0.322 e. The highest BCUT2D eigenvalue weighted by molar-refractivity contribution is 5.53. The van der Waals surface area contributed by atoms with Gasteiger partial charge in [-0.15, -0.1) is 4.98 Å². The van der Waals surface area contributed by atoms with Crippen LogP contribution < -0.4 is 15.2 Å². The average Bonchev–Trinajstić information content (AvgIpc) is 2.43. The Hall–Kier alpha value is -2.37. The van der Waals surface area contributed by atoms with E-state index in [4.69, 9.17) is 15.2 Å². The van der Waals surface area contributed by atoms with Crippen LogP contribution in [-0.2, 0) is 6.42 Å². The fourth-order valence-electron chi connectivity index (χ4n) is 1.71. The number of methoxy groups -OCH3 is 2. The van der Waals surface area contributed by atoms with Crippen LogP contribution in [0.3, 0.4) is 0 Å². The first kappa shape index (κ1) is 13.1. The monoisotopic (exact) mass is 260 g/mol. The highest BCUT2D eigenvalue weighted by atomic mass is 16.5. The lowest BCUT2D eigenvalue weighted by atomic mass is 10.1. The van der Waals surface area contributed by atoms with E-state index in [9.17, 15) is 0 Å². The molecule has 0 aliphatic carbocycles. The van der Waals surface area contributed by atoms with Gasteiger partial charge in [0.25, 0.3) is 0 Å². The summed E-state index contributed by atoms with van der Waals surface area (Å²) in [6.45, 7) is 1.97. The molecule has 0 amide bonds. The molecule has 1 aromatic carbocycles. The molecule has 0 aliphatic heterocycles. The lowest BCUT2D eigenvalue weighted by molar-refractivity contribution is 0.337. The molecule has 2 aromatic rings. The van der Waals surface area contributed by atoms with Crippen LogP contribution in [0.5, 0.6) is 12.0 Å². The highest BCUT2D eigenvalue weighted by Crippen LogP contribution is 2.20. The largest absolute Gasteiger partial charge is 0.467 e. The molecule has 1 aromatic heterocycles. The molecule has 6 nitrogen and oxygen atoms in total. The molecule has 1 heterocycles. The average molecular weight is 260 g/mol.